The molecule has 1 aliphatic carbocycles. The molecular weight excluding hydrogens is 160 g/mol. The molecule has 0 radical (unpaired) electrons. The molecule has 1 aliphatic heterocycles. The van der Waals surface area contributed by atoms with Gasteiger partial charge in [0.05, 0.1) is 5.71 Å². The number of rotatable bonds is 0. The highest BCUT2D eigenvalue weighted by Gasteiger charge is 2.29. The van der Waals surface area contributed by atoms with E-state index in [4.69, 9.17) is 5.73 Å². The standard InChI is InChI=1S/C11H14N2/c1-11(2,3)10-9-5-8(12)4-7(9)6-13-10/h4-6H,12H2,1-3H3. The summed E-state index contributed by atoms with van der Waals surface area (Å²) in [4.78, 5) is 4.41. The zero-order valence-electron chi connectivity index (χ0n) is 8.26. The number of aliphatic imine (C=N–C) groups is 1. The second-order valence-electron chi connectivity index (χ2n) is 4.51. The zero-order chi connectivity index (χ0) is 9.64. The first kappa shape index (κ1) is 8.30. The maximum absolute atomic E-state index is 5.72. The predicted molar refractivity (Wildman–Crippen MR) is 55.3 cm³/mol. The fourth-order valence-corrected chi connectivity index (χ4v) is 1.66. The highest BCUT2D eigenvalue weighted by Crippen LogP contribution is 2.34. The number of nitrogens with two attached hydrogens (primary N) is 1. The number of hydrogen-bond acceptors (Lipinski definition) is 2. The van der Waals surface area contributed by atoms with E-state index >= 15 is 0 Å². The van der Waals surface area contributed by atoms with Crippen molar-refractivity contribution in [2.75, 3.05) is 0 Å². The van der Waals surface area contributed by atoms with Crippen LogP contribution in [0.5, 0.6) is 0 Å². The highest BCUT2D eigenvalue weighted by molar-refractivity contribution is 6.11. The van der Waals surface area contributed by atoms with Gasteiger partial charge in [-0.15, -0.1) is 0 Å². The largest absolute Gasteiger partial charge is 0.399 e. The van der Waals surface area contributed by atoms with Gasteiger partial charge < -0.3 is 5.73 Å². The lowest BCUT2D eigenvalue weighted by molar-refractivity contribution is 0.593. The van der Waals surface area contributed by atoms with Crippen molar-refractivity contribution < 1.29 is 0 Å². The average Bonchev–Trinajstić information content (AvgIpc) is 2.41. The van der Waals surface area contributed by atoms with Crippen LogP contribution in [0.2, 0.25) is 0 Å². The van der Waals surface area contributed by atoms with Crippen molar-refractivity contribution in [3.8, 4) is 0 Å². The van der Waals surface area contributed by atoms with Gasteiger partial charge in [0, 0.05) is 28.5 Å². The lowest BCUT2D eigenvalue weighted by Crippen LogP contribution is -2.20. The van der Waals surface area contributed by atoms with Crippen LogP contribution in [0.15, 0.2) is 40.2 Å². The highest BCUT2D eigenvalue weighted by atomic mass is 14.8. The molecule has 0 unspecified atom stereocenters. The first-order chi connectivity index (χ1) is 5.98. The molecule has 0 fully saturated rings. The smallest absolute Gasteiger partial charge is 0.0536 e. The van der Waals surface area contributed by atoms with Crippen molar-refractivity contribution in [1.29, 1.82) is 0 Å². The van der Waals surface area contributed by atoms with Crippen LogP contribution in [0.1, 0.15) is 20.8 Å². The average molecular weight is 174 g/mol. The van der Waals surface area contributed by atoms with Gasteiger partial charge in [-0.1, -0.05) is 20.8 Å². The summed E-state index contributed by atoms with van der Waals surface area (Å²) in [5, 5.41) is 0. The van der Waals surface area contributed by atoms with E-state index in [0.29, 0.717) is 0 Å². The van der Waals surface area contributed by atoms with Crippen LogP contribution in [0, 0.1) is 5.41 Å². The van der Waals surface area contributed by atoms with Crippen LogP contribution in [-0.2, 0) is 0 Å². The normalized spacial score (nSPS) is 20.5. The van der Waals surface area contributed by atoms with Gasteiger partial charge >= 0.3 is 0 Å². The SMILES string of the molecule is CC(C)(C)C1=NC=C2C=C(N)C=C21. The fraction of sp³-hybridized carbons (Fsp3) is 0.364. The lowest BCUT2D eigenvalue weighted by atomic mass is 9.85. The Morgan fingerprint density at radius 2 is 1.92 bits per heavy atom. The third kappa shape index (κ3) is 1.22. The third-order valence-corrected chi connectivity index (χ3v) is 2.24. The van der Waals surface area contributed by atoms with Crippen molar-refractivity contribution >= 4 is 5.71 Å². The topological polar surface area (TPSA) is 38.4 Å². The Morgan fingerprint density at radius 1 is 1.23 bits per heavy atom. The maximum Gasteiger partial charge on any atom is 0.0536 e. The van der Waals surface area contributed by atoms with Gasteiger partial charge in [0.1, 0.15) is 0 Å². The fourth-order valence-electron chi connectivity index (χ4n) is 1.66. The number of nitrogens with zero attached hydrogens (tertiary/aromatic N) is 1. The third-order valence-electron chi connectivity index (χ3n) is 2.24. The molecule has 0 spiro atoms. The molecule has 1 heterocycles. The van der Waals surface area contributed by atoms with E-state index in [2.05, 4.69) is 25.8 Å². The molecule has 2 N–H and O–H groups in total. The summed E-state index contributed by atoms with van der Waals surface area (Å²) < 4.78 is 0. The molecule has 0 saturated carbocycles. The Balaban J connectivity index is 2.38. The minimum atomic E-state index is 0.0997. The summed E-state index contributed by atoms with van der Waals surface area (Å²) in [5.41, 5.74) is 10.1. The Hall–Kier alpha value is -1.31. The molecule has 2 rings (SSSR count). The van der Waals surface area contributed by atoms with E-state index in [1.165, 1.54) is 5.57 Å². The maximum atomic E-state index is 5.72. The molecule has 0 atom stereocenters. The van der Waals surface area contributed by atoms with Gasteiger partial charge in [-0.3, -0.25) is 4.99 Å². The van der Waals surface area contributed by atoms with E-state index < -0.39 is 0 Å². The van der Waals surface area contributed by atoms with Gasteiger partial charge in [-0.25, -0.2) is 0 Å². The van der Waals surface area contributed by atoms with Crippen LogP contribution in [-0.4, -0.2) is 5.71 Å². The molecule has 0 saturated heterocycles. The quantitative estimate of drug-likeness (QED) is 0.600. The number of fused-ring (bicyclic) bond motifs is 1. The lowest BCUT2D eigenvalue weighted by Gasteiger charge is -2.19. The number of allylic oxidation sites excluding steroid dienone is 4. The van der Waals surface area contributed by atoms with Crippen LogP contribution in [0.4, 0.5) is 0 Å². The Morgan fingerprint density at radius 3 is 2.54 bits per heavy atom. The summed E-state index contributed by atoms with van der Waals surface area (Å²) in [6.07, 6.45) is 5.87. The van der Waals surface area contributed by atoms with Crippen LogP contribution in [0.25, 0.3) is 0 Å². The van der Waals surface area contributed by atoms with Gasteiger partial charge in [0.15, 0.2) is 0 Å². The summed E-state index contributed by atoms with van der Waals surface area (Å²) >= 11 is 0. The minimum Gasteiger partial charge on any atom is -0.399 e. The van der Waals surface area contributed by atoms with Gasteiger partial charge in [-0.2, -0.15) is 0 Å². The first-order valence-electron chi connectivity index (χ1n) is 4.46. The van der Waals surface area contributed by atoms with Gasteiger partial charge in [0.2, 0.25) is 0 Å². The molecule has 2 nitrogen and oxygen atoms in total. The van der Waals surface area contributed by atoms with E-state index in [9.17, 15) is 0 Å². The van der Waals surface area contributed by atoms with Crippen molar-refractivity contribution in [1.82, 2.24) is 0 Å². The second kappa shape index (κ2) is 2.34. The molecule has 2 aliphatic rings. The van der Waals surface area contributed by atoms with Crippen molar-refractivity contribution in [2.24, 2.45) is 16.1 Å². The first-order valence-corrected chi connectivity index (χ1v) is 4.46. The molecule has 0 amide bonds. The second-order valence-corrected chi connectivity index (χ2v) is 4.51. The summed E-state index contributed by atoms with van der Waals surface area (Å²) in [7, 11) is 0. The Bertz CT molecular complexity index is 373. The summed E-state index contributed by atoms with van der Waals surface area (Å²) in [6, 6.07) is 0. The predicted octanol–water partition coefficient (Wildman–Crippen LogP) is 2.15. The molecule has 13 heavy (non-hydrogen) atoms. The van der Waals surface area contributed by atoms with E-state index in [0.717, 1.165) is 17.0 Å². The van der Waals surface area contributed by atoms with Gasteiger partial charge in [0.25, 0.3) is 0 Å². The number of hydrogen-bond donors (Lipinski definition) is 1. The van der Waals surface area contributed by atoms with E-state index in [1.807, 2.05) is 18.4 Å². The summed E-state index contributed by atoms with van der Waals surface area (Å²) in [5.74, 6) is 0. The minimum absolute atomic E-state index is 0.0997. The molecule has 68 valence electrons. The van der Waals surface area contributed by atoms with Crippen LogP contribution in [0.3, 0.4) is 0 Å². The molecule has 0 aromatic rings. The van der Waals surface area contributed by atoms with Gasteiger partial charge in [-0.05, 0) is 12.2 Å². The van der Waals surface area contributed by atoms with E-state index in [-0.39, 0.29) is 5.41 Å². The monoisotopic (exact) mass is 174 g/mol. The van der Waals surface area contributed by atoms with Crippen LogP contribution >= 0.6 is 0 Å². The molecular formula is C11H14N2. The molecule has 0 aromatic heterocycles. The molecule has 0 aromatic carbocycles. The Labute approximate surface area is 78.5 Å². The van der Waals surface area contributed by atoms with Crippen LogP contribution < -0.4 is 5.73 Å². The van der Waals surface area contributed by atoms with Crippen molar-refractivity contribution in [3.63, 3.8) is 0 Å². The summed E-state index contributed by atoms with van der Waals surface area (Å²) in [6.45, 7) is 6.49. The van der Waals surface area contributed by atoms with Crippen molar-refractivity contribution in [2.45, 2.75) is 20.8 Å². The van der Waals surface area contributed by atoms with Crippen molar-refractivity contribution in [3.05, 3.63) is 35.2 Å². The van der Waals surface area contributed by atoms with E-state index in [1.54, 1.807) is 0 Å². The molecule has 0 bridgehead atoms. The Kier molecular flexibility index (Phi) is 1.50. The molecule has 2 heteroatoms. The zero-order valence-corrected chi connectivity index (χ0v) is 8.26.